The second kappa shape index (κ2) is 8.29. The van der Waals surface area contributed by atoms with Gasteiger partial charge in [0.25, 0.3) is 0 Å². The molecule has 9 aromatic rings. The van der Waals surface area contributed by atoms with Gasteiger partial charge in [-0.2, -0.15) is 0 Å². The number of benzene rings is 7. The lowest BCUT2D eigenvalue weighted by Gasteiger charge is -2.07. The molecule has 1 N–H and O–H groups in total. The number of aromatic nitrogens is 1. The SMILES string of the molecule is c1ccc(-c2ccc(-c3cccc4c3sc3cc5[nH]c6c7ccccc7c7ccccc7c6c5cc34)cc2)cc1. The monoisotopic (exact) mass is 525 g/mol. The Hall–Kier alpha value is -4.92. The van der Waals surface area contributed by atoms with Crippen molar-refractivity contribution in [1.82, 2.24) is 4.98 Å². The third-order valence-electron chi connectivity index (χ3n) is 8.40. The molecular formula is C38H23NS. The lowest BCUT2D eigenvalue weighted by molar-refractivity contribution is 1.58. The standard InChI is InChI=1S/C38H23NS/c1-2-9-23(10-3-1)24-17-19-25(20-18-24)26-15-8-16-31-32-21-33-34(22-35(32)40-38(26)31)39-37-30-14-7-5-12-28(30)27-11-4-6-13-29(27)36(33)37/h1-22,39H. The van der Waals surface area contributed by atoms with Gasteiger partial charge >= 0.3 is 0 Å². The number of hydrogen-bond donors (Lipinski definition) is 1. The first kappa shape index (κ1) is 22.0. The van der Waals surface area contributed by atoms with Gasteiger partial charge in [-0.05, 0) is 50.5 Å². The van der Waals surface area contributed by atoms with Crippen LogP contribution < -0.4 is 0 Å². The van der Waals surface area contributed by atoms with Crippen LogP contribution in [0.4, 0.5) is 0 Å². The molecule has 0 aliphatic carbocycles. The summed E-state index contributed by atoms with van der Waals surface area (Å²) in [5.74, 6) is 0. The highest BCUT2D eigenvalue weighted by Gasteiger charge is 2.17. The van der Waals surface area contributed by atoms with Gasteiger partial charge < -0.3 is 4.98 Å². The highest BCUT2D eigenvalue weighted by Crippen LogP contribution is 2.45. The van der Waals surface area contributed by atoms with Crippen molar-refractivity contribution in [2.24, 2.45) is 0 Å². The van der Waals surface area contributed by atoms with Crippen LogP contribution in [0.1, 0.15) is 0 Å². The molecule has 2 heterocycles. The van der Waals surface area contributed by atoms with Gasteiger partial charge in [0.1, 0.15) is 0 Å². The molecule has 0 amide bonds. The van der Waals surface area contributed by atoms with Crippen LogP contribution in [0, 0.1) is 0 Å². The molecular weight excluding hydrogens is 502 g/mol. The largest absolute Gasteiger partial charge is 0.354 e. The molecule has 1 nitrogen and oxygen atoms in total. The fourth-order valence-corrected chi connectivity index (χ4v) is 7.80. The van der Waals surface area contributed by atoms with Gasteiger partial charge in [-0.25, -0.2) is 0 Å². The minimum Gasteiger partial charge on any atom is -0.354 e. The molecule has 0 aliphatic rings. The van der Waals surface area contributed by atoms with Crippen molar-refractivity contribution in [3.05, 3.63) is 133 Å². The molecule has 2 heteroatoms. The van der Waals surface area contributed by atoms with Crippen molar-refractivity contribution < 1.29 is 0 Å². The van der Waals surface area contributed by atoms with E-state index >= 15 is 0 Å². The predicted molar refractivity (Wildman–Crippen MR) is 175 cm³/mol. The maximum absolute atomic E-state index is 3.82. The summed E-state index contributed by atoms with van der Waals surface area (Å²) in [4.78, 5) is 3.82. The van der Waals surface area contributed by atoms with E-state index in [1.807, 2.05) is 11.3 Å². The Bertz CT molecular complexity index is 2410. The number of aromatic amines is 1. The molecule has 2 aromatic heterocycles. The summed E-state index contributed by atoms with van der Waals surface area (Å²) in [5.41, 5.74) is 7.47. The van der Waals surface area contributed by atoms with Gasteiger partial charge in [-0.1, -0.05) is 121 Å². The van der Waals surface area contributed by atoms with Crippen LogP contribution in [0.2, 0.25) is 0 Å². The summed E-state index contributed by atoms with van der Waals surface area (Å²) < 4.78 is 2.66. The van der Waals surface area contributed by atoms with Crippen LogP contribution in [-0.2, 0) is 0 Å². The summed E-state index contributed by atoms with van der Waals surface area (Å²) in [6.45, 7) is 0. The van der Waals surface area contributed by atoms with Gasteiger partial charge in [0.05, 0.1) is 5.52 Å². The Morgan fingerprint density at radius 3 is 1.85 bits per heavy atom. The van der Waals surface area contributed by atoms with Gasteiger partial charge in [0, 0.05) is 41.8 Å². The third-order valence-corrected chi connectivity index (χ3v) is 9.60. The number of thiophene rings is 1. The third kappa shape index (κ3) is 3.08. The average molecular weight is 526 g/mol. The topological polar surface area (TPSA) is 15.8 Å². The molecule has 0 bridgehead atoms. The molecule has 0 saturated heterocycles. The number of rotatable bonds is 2. The first-order valence-corrected chi connectivity index (χ1v) is 14.5. The van der Waals surface area contributed by atoms with E-state index in [0.717, 1.165) is 0 Å². The Morgan fingerprint density at radius 1 is 0.425 bits per heavy atom. The van der Waals surface area contributed by atoms with Crippen molar-refractivity contribution in [1.29, 1.82) is 0 Å². The van der Waals surface area contributed by atoms with E-state index in [1.54, 1.807) is 0 Å². The van der Waals surface area contributed by atoms with E-state index in [0.29, 0.717) is 0 Å². The van der Waals surface area contributed by atoms with E-state index in [1.165, 1.54) is 85.8 Å². The van der Waals surface area contributed by atoms with Gasteiger partial charge in [-0.15, -0.1) is 11.3 Å². The number of nitrogens with one attached hydrogen (secondary N) is 1. The zero-order valence-corrected chi connectivity index (χ0v) is 22.4. The Balaban J connectivity index is 1.29. The fraction of sp³-hybridized carbons (Fsp3) is 0. The van der Waals surface area contributed by atoms with E-state index in [9.17, 15) is 0 Å². The predicted octanol–water partition coefficient (Wildman–Crippen LogP) is 11.3. The highest BCUT2D eigenvalue weighted by atomic mass is 32.1. The lowest BCUT2D eigenvalue weighted by atomic mass is 9.96. The van der Waals surface area contributed by atoms with Crippen LogP contribution in [-0.4, -0.2) is 4.98 Å². The smallest absolute Gasteiger partial charge is 0.0551 e. The fourth-order valence-electron chi connectivity index (χ4n) is 6.54. The first-order chi connectivity index (χ1) is 19.8. The van der Waals surface area contributed by atoms with Crippen molar-refractivity contribution in [2.75, 3.05) is 0 Å². The highest BCUT2D eigenvalue weighted by molar-refractivity contribution is 7.26. The Morgan fingerprint density at radius 2 is 1.05 bits per heavy atom. The lowest BCUT2D eigenvalue weighted by Crippen LogP contribution is -1.81. The minimum absolute atomic E-state index is 1.20. The van der Waals surface area contributed by atoms with Crippen molar-refractivity contribution in [2.45, 2.75) is 0 Å². The van der Waals surface area contributed by atoms with Gasteiger partial charge in [-0.3, -0.25) is 0 Å². The molecule has 0 radical (unpaired) electrons. The van der Waals surface area contributed by atoms with Crippen LogP contribution in [0.15, 0.2) is 133 Å². The Kier molecular flexibility index (Phi) is 4.55. The summed E-state index contributed by atoms with van der Waals surface area (Å²) >= 11 is 1.90. The summed E-state index contributed by atoms with van der Waals surface area (Å²) in [6, 6.07) is 48.7. The zero-order valence-electron chi connectivity index (χ0n) is 21.6. The molecule has 0 fully saturated rings. The molecule has 0 aliphatic heterocycles. The molecule has 0 spiro atoms. The number of H-pyrrole nitrogens is 1. The zero-order chi connectivity index (χ0) is 26.2. The van der Waals surface area contributed by atoms with Crippen molar-refractivity contribution in [3.8, 4) is 22.3 Å². The molecule has 0 unspecified atom stereocenters. The summed E-state index contributed by atoms with van der Waals surface area (Å²) in [6.07, 6.45) is 0. The maximum atomic E-state index is 3.82. The molecule has 0 atom stereocenters. The van der Waals surface area contributed by atoms with Crippen LogP contribution >= 0.6 is 11.3 Å². The minimum atomic E-state index is 1.20. The molecule has 7 aromatic carbocycles. The number of fused-ring (bicyclic) bond motifs is 11. The van der Waals surface area contributed by atoms with E-state index in [-0.39, 0.29) is 0 Å². The summed E-state index contributed by atoms with van der Waals surface area (Å²) in [7, 11) is 0. The molecule has 9 rings (SSSR count). The van der Waals surface area contributed by atoms with Crippen LogP contribution in [0.3, 0.4) is 0 Å². The molecule has 0 saturated carbocycles. The van der Waals surface area contributed by atoms with Gasteiger partial charge in [0.15, 0.2) is 0 Å². The molecule has 40 heavy (non-hydrogen) atoms. The van der Waals surface area contributed by atoms with E-state index < -0.39 is 0 Å². The first-order valence-electron chi connectivity index (χ1n) is 13.7. The van der Waals surface area contributed by atoms with Crippen molar-refractivity contribution in [3.63, 3.8) is 0 Å². The van der Waals surface area contributed by atoms with Crippen LogP contribution in [0.25, 0.3) is 85.8 Å². The number of hydrogen-bond acceptors (Lipinski definition) is 1. The quantitative estimate of drug-likeness (QED) is 0.216. The van der Waals surface area contributed by atoms with Crippen molar-refractivity contribution >= 4 is 74.9 Å². The van der Waals surface area contributed by atoms with Gasteiger partial charge in [0.2, 0.25) is 0 Å². The van der Waals surface area contributed by atoms with E-state index in [2.05, 4.69) is 138 Å². The second-order valence-electron chi connectivity index (χ2n) is 10.6. The Labute approximate surface area is 234 Å². The maximum Gasteiger partial charge on any atom is 0.0551 e. The van der Waals surface area contributed by atoms with Crippen LogP contribution in [0.5, 0.6) is 0 Å². The van der Waals surface area contributed by atoms with E-state index in [4.69, 9.17) is 0 Å². The summed E-state index contributed by atoms with van der Waals surface area (Å²) in [5, 5.41) is 10.5. The normalized spacial score (nSPS) is 12.0. The second-order valence-corrected chi connectivity index (χ2v) is 11.6. The average Bonchev–Trinajstić information content (AvgIpc) is 3.58. The molecule has 186 valence electrons.